The lowest BCUT2D eigenvalue weighted by Crippen LogP contribution is -2.32. The highest BCUT2D eigenvalue weighted by Gasteiger charge is 2.09. The van der Waals surface area contributed by atoms with E-state index in [9.17, 15) is 9.59 Å². The Morgan fingerprint density at radius 3 is 2.81 bits per heavy atom. The van der Waals surface area contributed by atoms with Crippen molar-refractivity contribution in [1.29, 1.82) is 0 Å². The maximum absolute atomic E-state index is 12.5. The molecule has 0 aliphatic rings. The minimum Gasteiger partial charge on any atom is -0.490 e. The van der Waals surface area contributed by atoms with Gasteiger partial charge in [-0.25, -0.2) is 4.79 Å². The molecular weight excluding hydrogens is 354 g/mol. The Morgan fingerprint density at radius 1 is 1.27 bits per heavy atom. The summed E-state index contributed by atoms with van der Waals surface area (Å²) in [4.78, 5) is 27.3. The van der Waals surface area contributed by atoms with E-state index in [4.69, 9.17) is 16.3 Å². The summed E-state index contributed by atoms with van der Waals surface area (Å²) < 4.78 is 6.63. The van der Waals surface area contributed by atoms with Crippen molar-refractivity contribution >= 4 is 28.7 Å². The van der Waals surface area contributed by atoms with E-state index < -0.39 is 11.2 Å². The molecule has 0 saturated carbocycles. The summed E-state index contributed by atoms with van der Waals surface area (Å²) in [6.45, 7) is 3.97. The largest absolute Gasteiger partial charge is 0.490 e. The summed E-state index contributed by atoms with van der Waals surface area (Å²) in [5.41, 5.74) is -0.0573. The average molecular weight is 372 g/mol. The van der Waals surface area contributed by atoms with Gasteiger partial charge in [0, 0.05) is 10.6 Å². The molecule has 2 aromatic carbocycles. The molecule has 1 N–H and O–H groups in total. The molecule has 0 amide bonds. The summed E-state index contributed by atoms with van der Waals surface area (Å²) in [6.07, 6.45) is 2.24. The quantitative estimate of drug-likeness (QED) is 0.698. The maximum Gasteiger partial charge on any atom is 0.349 e. The van der Waals surface area contributed by atoms with Gasteiger partial charge in [0.15, 0.2) is 0 Å². The second-order valence-corrected chi connectivity index (χ2v) is 6.29. The first-order valence-corrected chi connectivity index (χ1v) is 8.62. The van der Waals surface area contributed by atoms with Crippen molar-refractivity contribution < 1.29 is 4.74 Å². The molecule has 0 aliphatic carbocycles. The number of H-pyrrole nitrogens is 1. The van der Waals surface area contributed by atoms with Crippen LogP contribution in [0.2, 0.25) is 5.02 Å². The third-order valence-corrected chi connectivity index (χ3v) is 4.21. The molecule has 3 aromatic rings. The van der Waals surface area contributed by atoms with E-state index in [1.165, 1.54) is 6.21 Å². The fourth-order valence-corrected chi connectivity index (χ4v) is 2.59. The molecule has 0 fully saturated rings. The van der Waals surface area contributed by atoms with Gasteiger partial charge in [-0.05, 0) is 43.7 Å². The van der Waals surface area contributed by atoms with Crippen LogP contribution in [0.5, 0.6) is 5.75 Å². The Hall–Kier alpha value is -2.86. The van der Waals surface area contributed by atoms with Crippen molar-refractivity contribution in [2.45, 2.75) is 26.4 Å². The normalized spacial score (nSPS) is 12.6. The molecule has 1 atom stereocenters. The van der Waals surface area contributed by atoms with Crippen molar-refractivity contribution in [3.05, 3.63) is 73.9 Å². The maximum atomic E-state index is 12.5. The lowest BCUT2D eigenvalue weighted by Gasteiger charge is -2.14. The number of rotatable bonds is 5. The van der Waals surface area contributed by atoms with Gasteiger partial charge in [-0.2, -0.15) is 5.10 Å². The SMILES string of the molecule is CC[C@@H](C)Oc1ccc(Cl)cc1C=Nn1c(=O)[nH]c2ccccc2c1=O. The van der Waals surface area contributed by atoms with Crippen molar-refractivity contribution in [2.24, 2.45) is 5.10 Å². The van der Waals surface area contributed by atoms with E-state index in [1.807, 2.05) is 13.8 Å². The summed E-state index contributed by atoms with van der Waals surface area (Å²) in [6, 6.07) is 11.9. The van der Waals surface area contributed by atoms with Gasteiger partial charge in [-0.1, -0.05) is 30.7 Å². The molecule has 0 saturated heterocycles. The van der Waals surface area contributed by atoms with Crippen molar-refractivity contribution in [2.75, 3.05) is 0 Å². The lowest BCUT2D eigenvalue weighted by atomic mass is 10.2. The number of aromatic amines is 1. The molecule has 1 heterocycles. The fraction of sp³-hybridized carbons (Fsp3) is 0.211. The first kappa shape index (κ1) is 17.9. The van der Waals surface area contributed by atoms with Crippen LogP contribution in [-0.4, -0.2) is 22.0 Å². The van der Waals surface area contributed by atoms with E-state index in [2.05, 4.69) is 10.1 Å². The molecular formula is C19H18ClN3O3. The third kappa shape index (κ3) is 3.70. The molecule has 7 heteroatoms. The predicted molar refractivity (Wildman–Crippen MR) is 104 cm³/mol. The van der Waals surface area contributed by atoms with Crippen LogP contribution in [0.4, 0.5) is 0 Å². The number of hydrogen-bond donors (Lipinski definition) is 1. The van der Waals surface area contributed by atoms with Crippen LogP contribution in [-0.2, 0) is 0 Å². The molecule has 1 aromatic heterocycles. The Bertz CT molecular complexity index is 1090. The van der Waals surface area contributed by atoms with Crippen molar-refractivity contribution in [3.63, 3.8) is 0 Å². The second-order valence-electron chi connectivity index (χ2n) is 5.86. The van der Waals surface area contributed by atoms with Gasteiger partial charge in [-0.3, -0.25) is 4.79 Å². The van der Waals surface area contributed by atoms with E-state index in [0.717, 1.165) is 11.1 Å². The molecule has 26 heavy (non-hydrogen) atoms. The molecule has 6 nitrogen and oxygen atoms in total. The number of nitrogens with one attached hydrogen (secondary N) is 1. The van der Waals surface area contributed by atoms with Gasteiger partial charge in [0.2, 0.25) is 0 Å². The molecule has 0 spiro atoms. The topological polar surface area (TPSA) is 76.5 Å². The minimum absolute atomic E-state index is 0.00937. The standard InChI is InChI=1S/C19H18ClN3O3/c1-3-12(2)26-17-9-8-14(20)10-13(17)11-21-23-18(24)15-6-4-5-7-16(15)22-19(23)25/h4-12H,3H2,1-2H3,(H,22,25)/t12-/m1/s1. The van der Waals surface area contributed by atoms with Gasteiger partial charge in [0.1, 0.15) is 5.75 Å². The van der Waals surface area contributed by atoms with E-state index >= 15 is 0 Å². The monoisotopic (exact) mass is 371 g/mol. The average Bonchev–Trinajstić information content (AvgIpc) is 2.63. The minimum atomic E-state index is -0.614. The number of nitrogens with zero attached hydrogens (tertiary/aromatic N) is 2. The third-order valence-electron chi connectivity index (χ3n) is 3.97. The van der Waals surface area contributed by atoms with E-state index in [0.29, 0.717) is 27.2 Å². The van der Waals surface area contributed by atoms with Gasteiger partial charge in [0.25, 0.3) is 5.56 Å². The number of ether oxygens (including phenoxy) is 1. The molecule has 0 unspecified atom stereocenters. The summed E-state index contributed by atoms with van der Waals surface area (Å²) >= 11 is 6.06. The Labute approximate surface area is 154 Å². The van der Waals surface area contributed by atoms with Gasteiger partial charge < -0.3 is 9.72 Å². The number of halogens is 1. The molecule has 0 radical (unpaired) electrons. The summed E-state index contributed by atoms with van der Waals surface area (Å²) in [5.74, 6) is 0.581. The summed E-state index contributed by atoms with van der Waals surface area (Å²) in [7, 11) is 0. The van der Waals surface area contributed by atoms with Gasteiger partial charge in [-0.15, -0.1) is 4.68 Å². The zero-order valence-corrected chi connectivity index (χ0v) is 15.2. The first-order chi connectivity index (χ1) is 12.5. The fourth-order valence-electron chi connectivity index (χ4n) is 2.41. The van der Waals surface area contributed by atoms with Crippen LogP contribution < -0.4 is 16.0 Å². The number of aromatic nitrogens is 2. The highest BCUT2D eigenvalue weighted by molar-refractivity contribution is 6.30. The highest BCUT2D eigenvalue weighted by atomic mass is 35.5. The Balaban J connectivity index is 2.06. The number of para-hydroxylation sites is 1. The Kier molecular flexibility index (Phi) is 5.23. The molecule has 3 rings (SSSR count). The number of fused-ring (bicyclic) bond motifs is 1. The second kappa shape index (κ2) is 7.58. The zero-order valence-electron chi connectivity index (χ0n) is 14.4. The lowest BCUT2D eigenvalue weighted by molar-refractivity contribution is 0.217. The van der Waals surface area contributed by atoms with Crippen LogP contribution in [0.25, 0.3) is 10.9 Å². The zero-order chi connectivity index (χ0) is 18.7. The molecule has 134 valence electrons. The first-order valence-electron chi connectivity index (χ1n) is 8.24. The molecule has 0 aliphatic heterocycles. The molecule has 0 bridgehead atoms. The predicted octanol–water partition coefficient (Wildman–Crippen LogP) is 3.40. The van der Waals surface area contributed by atoms with Crippen LogP contribution in [0.3, 0.4) is 0 Å². The smallest absolute Gasteiger partial charge is 0.349 e. The van der Waals surface area contributed by atoms with Crippen LogP contribution in [0.15, 0.2) is 57.2 Å². The van der Waals surface area contributed by atoms with E-state index in [1.54, 1.807) is 42.5 Å². The number of benzene rings is 2. The highest BCUT2D eigenvalue weighted by Crippen LogP contribution is 2.23. The van der Waals surface area contributed by atoms with Crippen LogP contribution in [0.1, 0.15) is 25.8 Å². The Morgan fingerprint density at radius 2 is 2.04 bits per heavy atom. The van der Waals surface area contributed by atoms with Crippen molar-refractivity contribution in [3.8, 4) is 5.75 Å². The van der Waals surface area contributed by atoms with Crippen molar-refractivity contribution in [1.82, 2.24) is 9.66 Å². The summed E-state index contributed by atoms with van der Waals surface area (Å²) in [5, 5.41) is 4.94. The van der Waals surface area contributed by atoms with Crippen LogP contribution in [0, 0.1) is 0 Å². The van der Waals surface area contributed by atoms with E-state index in [-0.39, 0.29) is 6.10 Å². The van der Waals surface area contributed by atoms with Gasteiger partial charge >= 0.3 is 5.69 Å². The van der Waals surface area contributed by atoms with Crippen LogP contribution >= 0.6 is 11.6 Å². The number of hydrogen-bond acceptors (Lipinski definition) is 4. The van der Waals surface area contributed by atoms with Gasteiger partial charge in [0.05, 0.1) is 23.2 Å².